The molecule has 8 heteroatoms. The van der Waals surface area contributed by atoms with Crippen LogP contribution < -0.4 is 4.90 Å². The van der Waals surface area contributed by atoms with E-state index in [0.717, 1.165) is 16.7 Å². The lowest BCUT2D eigenvalue weighted by Crippen LogP contribution is -2.49. The third-order valence-corrected chi connectivity index (χ3v) is 6.25. The van der Waals surface area contributed by atoms with E-state index in [-0.39, 0.29) is 0 Å². The second-order valence-electron chi connectivity index (χ2n) is 5.79. The van der Waals surface area contributed by atoms with Crippen LogP contribution in [0.1, 0.15) is 0 Å². The maximum Gasteiger partial charge on any atom is 0.243 e. The first-order valence-corrected chi connectivity index (χ1v) is 9.45. The van der Waals surface area contributed by atoms with Gasteiger partial charge in [0.1, 0.15) is 12.1 Å². The van der Waals surface area contributed by atoms with Crippen LogP contribution in [-0.4, -0.2) is 53.9 Å². The zero-order chi connectivity index (χ0) is 17.3. The van der Waals surface area contributed by atoms with Gasteiger partial charge in [-0.3, -0.25) is 4.98 Å². The minimum atomic E-state index is -3.45. The average Bonchev–Trinajstić information content (AvgIpc) is 2.68. The number of piperazine rings is 1. The summed E-state index contributed by atoms with van der Waals surface area (Å²) in [7, 11) is -3.45. The molecule has 128 valence electrons. The first kappa shape index (κ1) is 15.9. The summed E-state index contributed by atoms with van der Waals surface area (Å²) >= 11 is 0. The molecule has 7 nitrogen and oxygen atoms in total. The number of anilines is 1. The van der Waals surface area contributed by atoms with Crippen LogP contribution in [0, 0.1) is 0 Å². The Bertz CT molecular complexity index is 981. The highest BCUT2D eigenvalue weighted by Gasteiger charge is 2.29. The molecule has 1 saturated heterocycles. The van der Waals surface area contributed by atoms with Crippen molar-refractivity contribution in [3.63, 3.8) is 0 Å². The van der Waals surface area contributed by atoms with E-state index < -0.39 is 10.0 Å². The van der Waals surface area contributed by atoms with E-state index in [1.54, 1.807) is 36.7 Å². The highest BCUT2D eigenvalue weighted by atomic mass is 32.2. The fourth-order valence-electron chi connectivity index (χ4n) is 3.03. The molecular weight excluding hydrogens is 338 g/mol. The first-order chi connectivity index (χ1) is 12.2. The zero-order valence-corrected chi connectivity index (χ0v) is 14.3. The fourth-order valence-corrected chi connectivity index (χ4v) is 4.47. The van der Waals surface area contributed by atoms with Gasteiger partial charge in [0.25, 0.3) is 0 Å². The number of benzene rings is 1. The number of pyridine rings is 1. The van der Waals surface area contributed by atoms with Crippen LogP contribution in [0.25, 0.3) is 10.9 Å². The lowest BCUT2D eigenvalue weighted by atomic mass is 10.2. The molecular formula is C17H17N5O2S. The molecule has 3 heterocycles. The topological polar surface area (TPSA) is 79.3 Å². The summed E-state index contributed by atoms with van der Waals surface area (Å²) in [6.07, 6.45) is 4.94. The van der Waals surface area contributed by atoms with Crippen molar-refractivity contribution in [1.82, 2.24) is 19.3 Å². The van der Waals surface area contributed by atoms with Gasteiger partial charge in [-0.15, -0.1) is 0 Å². The van der Waals surface area contributed by atoms with Gasteiger partial charge in [-0.2, -0.15) is 4.31 Å². The molecule has 0 N–H and O–H groups in total. The van der Waals surface area contributed by atoms with Gasteiger partial charge in [0.2, 0.25) is 10.0 Å². The van der Waals surface area contributed by atoms with Crippen LogP contribution in [0.3, 0.4) is 0 Å². The summed E-state index contributed by atoms with van der Waals surface area (Å²) in [4.78, 5) is 15.1. The monoisotopic (exact) mass is 355 g/mol. The molecule has 2 aromatic heterocycles. The third-order valence-electron chi connectivity index (χ3n) is 4.34. The minimum absolute atomic E-state index is 0.335. The van der Waals surface area contributed by atoms with Crippen molar-refractivity contribution in [2.75, 3.05) is 31.1 Å². The van der Waals surface area contributed by atoms with E-state index in [0.29, 0.717) is 31.1 Å². The number of sulfonamides is 1. The molecule has 0 radical (unpaired) electrons. The number of hydrogen-bond donors (Lipinski definition) is 0. The molecule has 1 aliphatic rings. The highest BCUT2D eigenvalue weighted by molar-refractivity contribution is 7.89. The van der Waals surface area contributed by atoms with E-state index in [1.807, 2.05) is 12.1 Å². The van der Waals surface area contributed by atoms with Gasteiger partial charge in [-0.1, -0.05) is 18.2 Å². The van der Waals surface area contributed by atoms with Crippen LogP contribution in [-0.2, 0) is 10.0 Å². The number of rotatable bonds is 3. The van der Waals surface area contributed by atoms with Crippen LogP contribution in [0.2, 0.25) is 0 Å². The summed E-state index contributed by atoms with van der Waals surface area (Å²) < 4.78 is 27.0. The van der Waals surface area contributed by atoms with Crippen molar-refractivity contribution < 1.29 is 8.42 Å². The molecule has 0 bridgehead atoms. The fraction of sp³-hybridized carbons (Fsp3) is 0.235. The predicted molar refractivity (Wildman–Crippen MR) is 94.7 cm³/mol. The highest BCUT2D eigenvalue weighted by Crippen LogP contribution is 2.24. The Morgan fingerprint density at radius 3 is 2.44 bits per heavy atom. The summed E-state index contributed by atoms with van der Waals surface area (Å²) in [5, 5.41) is 0.928. The van der Waals surface area contributed by atoms with Crippen LogP contribution in [0.15, 0.2) is 60.0 Å². The van der Waals surface area contributed by atoms with Gasteiger partial charge in [-0.05, 0) is 18.2 Å². The van der Waals surface area contributed by atoms with E-state index in [1.165, 1.54) is 10.6 Å². The molecule has 0 unspecified atom stereocenters. The summed E-state index contributed by atoms with van der Waals surface area (Å²) in [5.74, 6) is 0.823. The van der Waals surface area contributed by atoms with Crippen LogP contribution >= 0.6 is 0 Å². The van der Waals surface area contributed by atoms with Gasteiger partial charge in [0.05, 0.1) is 16.6 Å². The number of fused-ring (bicyclic) bond motifs is 1. The van der Waals surface area contributed by atoms with Gasteiger partial charge in [0, 0.05) is 37.8 Å². The SMILES string of the molecule is O=S(=O)(c1ccccc1)N1CCN(c2ncnc3cnccc23)CC1. The Balaban J connectivity index is 1.56. The lowest BCUT2D eigenvalue weighted by molar-refractivity contribution is 0.384. The molecule has 0 spiro atoms. The molecule has 1 aliphatic heterocycles. The van der Waals surface area contributed by atoms with E-state index >= 15 is 0 Å². The van der Waals surface area contributed by atoms with Gasteiger partial charge in [-0.25, -0.2) is 18.4 Å². The number of nitrogens with zero attached hydrogens (tertiary/aromatic N) is 5. The Morgan fingerprint density at radius 1 is 0.920 bits per heavy atom. The summed E-state index contributed by atoms with van der Waals surface area (Å²) in [6, 6.07) is 10.4. The third kappa shape index (κ3) is 2.94. The van der Waals surface area contributed by atoms with Crippen molar-refractivity contribution in [2.24, 2.45) is 0 Å². The Hall–Kier alpha value is -2.58. The minimum Gasteiger partial charge on any atom is -0.353 e. The first-order valence-electron chi connectivity index (χ1n) is 8.01. The molecule has 3 aromatic rings. The van der Waals surface area contributed by atoms with Crippen molar-refractivity contribution in [2.45, 2.75) is 4.90 Å². The largest absolute Gasteiger partial charge is 0.353 e. The summed E-state index contributed by atoms with van der Waals surface area (Å²) in [6.45, 7) is 2.02. The Morgan fingerprint density at radius 2 is 1.68 bits per heavy atom. The van der Waals surface area contributed by atoms with Gasteiger partial charge < -0.3 is 4.90 Å². The van der Waals surface area contributed by atoms with Crippen LogP contribution in [0.4, 0.5) is 5.82 Å². The smallest absolute Gasteiger partial charge is 0.243 e. The molecule has 1 fully saturated rings. The van der Waals surface area contributed by atoms with Gasteiger partial charge in [0.15, 0.2) is 0 Å². The summed E-state index contributed by atoms with van der Waals surface area (Å²) in [5.41, 5.74) is 0.784. The van der Waals surface area contributed by atoms with Crippen molar-refractivity contribution >= 4 is 26.7 Å². The normalized spacial score (nSPS) is 16.2. The van der Waals surface area contributed by atoms with Crippen molar-refractivity contribution in [3.8, 4) is 0 Å². The molecule has 4 rings (SSSR count). The second kappa shape index (κ2) is 6.38. The maximum atomic E-state index is 12.7. The zero-order valence-electron chi connectivity index (χ0n) is 13.5. The van der Waals surface area contributed by atoms with Crippen molar-refractivity contribution in [1.29, 1.82) is 0 Å². The Labute approximate surface area is 146 Å². The number of hydrogen-bond acceptors (Lipinski definition) is 6. The average molecular weight is 355 g/mol. The second-order valence-corrected chi connectivity index (χ2v) is 7.73. The van der Waals surface area contributed by atoms with E-state index in [9.17, 15) is 8.42 Å². The van der Waals surface area contributed by atoms with Crippen molar-refractivity contribution in [3.05, 3.63) is 55.1 Å². The van der Waals surface area contributed by atoms with E-state index in [4.69, 9.17) is 0 Å². The predicted octanol–water partition coefficient (Wildman–Crippen LogP) is 1.54. The molecule has 0 amide bonds. The maximum absolute atomic E-state index is 12.7. The molecule has 25 heavy (non-hydrogen) atoms. The molecule has 0 saturated carbocycles. The molecule has 0 atom stereocenters. The Kier molecular flexibility index (Phi) is 4.06. The van der Waals surface area contributed by atoms with Crippen LogP contribution in [0.5, 0.6) is 0 Å². The lowest BCUT2D eigenvalue weighted by Gasteiger charge is -2.35. The standard InChI is InChI=1S/C17H17N5O2S/c23-25(24,14-4-2-1-3-5-14)22-10-8-21(9-11-22)17-15-6-7-18-12-16(15)19-13-20-17/h1-7,12-13H,8-11H2. The molecule has 1 aromatic carbocycles. The quantitative estimate of drug-likeness (QED) is 0.709. The number of aromatic nitrogens is 3. The van der Waals surface area contributed by atoms with E-state index in [2.05, 4.69) is 19.9 Å². The van der Waals surface area contributed by atoms with Gasteiger partial charge >= 0.3 is 0 Å². The molecule has 0 aliphatic carbocycles.